The highest BCUT2D eigenvalue weighted by atomic mass is 16.5. The molecule has 2 heteroatoms. The Morgan fingerprint density at radius 3 is 2.62 bits per heavy atom. The molecule has 1 N–H and O–H groups in total. The fourth-order valence-corrected chi connectivity index (χ4v) is 1.57. The molecule has 0 aliphatic carbocycles. The Kier molecular flexibility index (Phi) is 3.09. The van der Waals surface area contributed by atoms with Gasteiger partial charge in [-0.3, -0.25) is 0 Å². The highest BCUT2D eigenvalue weighted by molar-refractivity contribution is 5.85. The van der Waals surface area contributed by atoms with Crippen molar-refractivity contribution >= 4 is 10.8 Å². The lowest BCUT2D eigenvalue weighted by atomic mass is 10.1. The average molecular weight is 212 g/mol. The highest BCUT2D eigenvalue weighted by Gasteiger charge is 1.96. The van der Waals surface area contributed by atoms with E-state index < -0.39 is 0 Å². The number of aliphatic hydroxyl groups excluding tert-OH is 1. The van der Waals surface area contributed by atoms with Gasteiger partial charge < -0.3 is 9.84 Å². The number of hydrogen-bond donors (Lipinski definition) is 1. The van der Waals surface area contributed by atoms with Crippen molar-refractivity contribution in [3.8, 4) is 17.6 Å². The maximum absolute atomic E-state index is 8.62. The molecule has 0 spiro atoms. The summed E-state index contributed by atoms with van der Waals surface area (Å²) in [7, 11) is 1.66. The molecule has 2 rings (SSSR count). The van der Waals surface area contributed by atoms with Gasteiger partial charge in [-0.1, -0.05) is 24.0 Å². The molecule has 0 fully saturated rings. The van der Waals surface area contributed by atoms with Gasteiger partial charge in [-0.05, 0) is 35.0 Å². The number of methoxy groups -OCH3 is 1. The minimum atomic E-state index is -0.110. The summed E-state index contributed by atoms with van der Waals surface area (Å²) in [4.78, 5) is 0. The third-order valence-corrected chi connectivity index (χ3v) is 2.36. The Bertz CT molecular complexity index is 562. The lowest BCUT2D eigenvalue weighted by molar-refractivity contribution is 0.350. The van der Waals surface area contributed by atoms with E-state index in [-0.39, 0.29) is 6.61 Å². The van der Waals surface area contributed by atoms with Crippen LogP contribution in [0.3, 0.4) is 0 Å². The van der Waals surface area contributed by atoms with E-state index in [0.29, 0.717) is 0 Å². The molecule has 0 aliphatic heterocycles. The zero-order valence-electron chi connectivity index (χ0n) is 9.03. The van der Waals surface area contributed by atoms with Crippen LogP contribution in [-0.4, -0.2) is 18.8 Å². The maximum atomic E-state index is 8.62. The molecule has 0 bridgehead atoms. The summed E-state index contributed by atoms with van der Waals surface area (Å²) in [5.74, 6) is 6.37. The van der Waals surface area contributed by atoms with Crippen molar-refractivity contribution in [2.45, 2.75) is 0 Å². The fraction of sp³-hybridized carbons (Fsp3) is 0.143. The Balaban J connectivity index is 2.47. The molecule has 0 aromatic heterocycles. The van der Waals surface area contributed by atoms with Gasteiger partial charge in [0.2, 0.25) is 0 Å². The van der Waals surface area contributed by atoms with Gasteiger partial charge in [-0.2, -0.15) is 0 Å². The first-order valence-electron chi connectivity index (χ1n) is 5.01. The van der Waals surface area contributed by atoms with Crippen LogP contribution in [0.5, 0.6) is 5.75 Å². The van der Waals surface area contributed by atoms with Gasteiger partial charge in [0.05, 0.1) is 7.11 Å². The minimum absolute atomic E-state index is 0.110. The quantitative estimate of drug-likeness (QED) is 0.734. The number of rotatable bonds is 1. The summed E-state index contributed by atoms with van der Waals surface area (Å²) in [6.45, 7) is -0.110. The first-order valence-corrected chi connectivity index (χ1v) is 5.01. The van der Waals surface area contributed by atoms with Gasteiger partial charge in [0.15, 0.2) is 0 Å². The van der Waals surface area contributed by atoms with Crippen LogP contribution in [0.4, 0.5) is 0 Å². The second-order valence-electron chi connectivity index (χ2n) is 3.39. The van der Waals surface area contributed by atoms with Gasteiger partial charge in [0.1, 0.15) is 12.4 Å². The molecule has 80 valence electrons. The largest absolute Gasteiger partial charge is 0.497 e. The van der Waals surface area contributed by atoms with Gasteiger partial charge in [0.25, 0.3) is 0 Å². The zero-order chi connectivity index (χ0) is 11.4. The molecule has 0 unspecified atom stereocenters. The Morgan fingerprint density at radius 1 is 1.12 bits per heavy atom. The van der Waals surface area contributed by atoms with Crippen LogP contribution in [0.2, 0.25) is 0 Å². The van der Waals surface area contributed by atoms with Crippen molar-refractivity contribution in [1.29, 1.82) is 0 Å². The third kappa shape index (κ3) is 2.16. The number of hydrogen-bond acceptors (Lipinski definition) is 2. The molecule has 0 atom stereocenters. The maximum Gasteiger partial charge on any atom is 0.119 e. The van der Waals surface area contributed by atoms with Crippen LogP contribution in [0, 0.1) is 11.8 Å². The molecule has 2 nitrogen and oxygen atoms in total. The molecule has 0 amide bonds. The number of fused-ring (bicyclic) bond motifs is 1. The summed E-state index contributed by atoms with van der Waals surface area (Å²) >= 11 is 0. The second kappa shape index (κ2) is 4.69. The van der Waals surface area contributed by atoms with Crippen molar-refractivity contribution in [2.24, 2.45) is 0 Å². The van der Waals surface area contributed by atoms with Gasteiger partial charge in [0, 0.05) is 5.56 Å². The summed E-state index contributed by atoms with van der Waals surface area (Å²) in [5.41, 5.74) is 0.909. The number of benzene rings is 2. The van der Waals surface area contributed by atoms with Crippen LogP contribution in [0.15, 0.2) is 36.4 Å². The Hall–Kier alpha value is -1.98. The van der Waals surface area contributed by atoms with Gasteiger partial charge >= 0.3 is 0 Å². The third-order valence-electron chi connectivity index (χ3n) is 2.36. The van der Waals surface area contributed by atoms with Gasteiger partial charge in [-0.25, -0.2) is 0 Å². The Labute approximate surface area is 94.5 Å². The number of aliphatic hydroxyl groups is 1. The first kappa shape index (κ1) is 10.5. The van der Waals surface area contributed by atoms with E-state index in [9.17, 15) is 0 Å². The molecule has 16 heavy (non-hydrogen) atoms. The van der Waals surface area contributed by atoms with Crippen LogP contribution < -0.4 is 4.74 Å². The van der Waals surface area contributed by atoms with E-state index in [1.54, 1.807) is 7.11 Å². The zero-order valence-corrected chi connectivity index (χ0v) is 9.03. The monoisotopic (exact) mass is 212 g/mol. The van der Waals surface area contributed by atoms with E-state index in [2.05, 4.69) is 11.8 Å². The molecule has 0 heterocycles. The Morgan fingerprint density at radius 2 is 1.88 bits per heavy atom. The van der Waals surface area contributed by atoms with E-state index in [1.807, 2.05) is 36.4 Å². The second-order valence-corrected chi connectivity index (χ2v) is 3.39. The molecular formula is C14H12O2. The predicted octanol–water partition coefficient (Wildman–Crippen LogP) is 2.19. The van der Waals surface area contributed by atoms with Crippen LogP contribution >= 0.6 is 0 Å². The lowest BCUT2D eigenvalue weighted by Crippen LogP contribution is -1.83. The lowest BCUT2D eigenvalue weighted by Gasteiger charge is -2.02. The van der Waals surface area contributed by atoms with Crippen LogP contribution in [0.25, 0.3) is 10.8 Å². The molecule has 2 aromatic rings. The average Bonchev–Trinajstić information content (AvgIpc) is 2.35. The van der Waals surface area contributed by atoms with Crippen molar-refractivity contribution < 1.29 is 9.84 Å². The summed E-state index contributed by atoms with van der Waals surface area (Å²) in [5, 5.41) is 10.9. The van der Waals surface area contributed by atoms with Gasteiger partial charge in [-0.15, -0.1) is 0 Å². The number of ether oxygens (including phenoxy) is 1. The minimum Gasteiger partial charge on any atom is -0.497 e. The van der Waals surface area contributed by atoms with Crippen LogP contribution in [0.1, 0.15) is 5.56 Å². The van der Waals surface area contributed by atoms with E-state index in [4.69, 9.17) is 9.84 Å². The van der Waals surface area contributed by atoms with Crippen molar-refractivity contribution in [2.75, 3.05) is 13.7 Å². The summed E-state index contributed by atoms with van der Waals surface area (Å²) in [6, 6.07) is 11.8. The van der Waals surface area contributed by atoms with Crippen molar-refractivity contribution in [3.63, 3.8) is 0 Å². The highest BCUT2D eigenvalue weighted by Crippen LogP contribution is 2.21. The van der Waals surface area contributed by atoms with E-state index in [1.165, 1.54) is 0 Å². The van der Waals surface area contributed by atoms with Crippen molar-refractivity contribution in [3.05, 3.63) is 42.0 Å². The van der Waals surface area contributed by atoms with Crippen LogP contribution in [-0.2, 0) is 0 Å². The molecule has 0 aliphatic rings. The van der Waals surface area contributed by atoms with Crippen molar-refractivity contribution in [1.82, 2.24) is 0 Å². The predicted molar refractivity (Wildman–Crippen MR) is 64.5 cm³/mol. The fourth-order valence-electron chi connectivity index (χ4n) is 1.57. The molecule has 0 saturated carbocycles. The topological polar surface area (TPSA) is 29.5 Å². The summed E-state index contributed by atoms with van der Waals surface area (Å²) < 4.78 is 5.16. The molecule has 0 saturated heterocycles. The SMILES string of the molecule is COc1ccc2cc(C#CCO)ccc2c1. The first-order chi connectivity index (χ1) is 7.83. The molecule has 2 aromatic carbocycles. The molecule has 0 radical (unpaired) electrons. The smallest absolute Gasteiger partial charge is 0.119 e. The normalized spacial score (nSPS) is 9.62. The molecular weight excluding hydrogens is 200 g/mol. The standard InChI is InChI=1S/C14H12O2/c1-16-14-7-6-12-9-11(3-2-8-15)4-5-13(12)10-14/h4-7,9-10,15H,8H2,1H3. The van der Waals surface area contributed by atoms with E-state index in [0.717, 1.165) is 22.1 Å². The summed E-state index contributed by atoms with van der Waals surface area (Å²) in [6.07, 6.45) is 0. The van der Waals surface area contributed by atoms with E-state index >= 15 is 0 Å².